The molecule has 0 unspecified atom stereocenters. The van der Waals surface area contributed by atoms with Gasteiger partial charge in [-0.05, 0) is 42.5 Å². The smallest absolute Gasteiger partial charge is 0.235 e. The van der Waals surface area contributed by atoms with Crippen LogP contribution in [0.4, 0.5) is 10.3 Å². The Kier molecular flexibility index (Phi) is 3.84. The first-order chi connectivity index (χ1) is 10.6. The molecule has 3 rings (SSSR count). The Morgan fingerprint density at radius 3 is 2.45 bits per heavy atom. The Bertz CT molecular complexity index is 692. The number of hydrogen-bond acceptors (Lipinski definition) is 4. The largest absolute Gasteiger partial charge is 0.419 e. The first-order valence-corrected chi connectivity index (χ1v) is 7.48. The maximum absolute atomic E-state index is 13.0. The van der Waals surface area contributed by atoms with Gasteiger partial charge in [-0.1, -0.05) is 13.8 Å². The summed E-state index contributed by atoms with van der Waals surface area (Å²) in [6.07, 6.45) is 1.18. The van der Waals surface area contributed by atoms with E-state index in [1.54, 1.807) is 12.1 Å². The molecule has 1 aromatic heterocycles. The zero-order valence-corrected chi connectivity index (χ0v) is 12.7. The van der Waals surface area contributed by atoms with Crippen LogP contribution in [0.3, 0.4) is 0 Å². The maximum atomic E-state index is 13.0. The van der Waals surface area contributed by atoms with Gasteiger partial charge in [0.15, 0.2) is 0 Å². The van der Waals surface area contributed by atoms with E-state index in [9.17, 15) is 9.65 Å². The minimum atomic E-state index is -0.310. The second-order valence-corrected chi connectivity index (χ2v) is 6.14. The number of rotatable bonds is 2. The van der Waals surface area contributed by atoms with Crippen LogP contribution in [0.5, 0.6) is 0 Å². The van der Waals surface area contributed by atoms with Gasteiger partial charge in [0.25, 0.3) is 0 Å². The molecular formula is C17H18FN3O. The van der Waals surface area contributed by atoms with Crippen molar-refractivity contribution in [2.24, 2.45) is 11.8 Å². The minimum Gasteiger partial charge on any atom is -0.419 e. The molecule has 0 bridgehead atoms. The molecule has 0 spiro atoms. The molecular weight excluding hydrogens is 281 g/mol. The summed E-state index contributed by atoms with van der Waals surface area (Å²) in [5, 5.41) is 9.33. The SMILES string of the molecule is C[C@@H]1C[C@@H](C)CN(c2oc(-c3ccc(F)cc3)nc2C#N)C1. The van der Waals surface area contributed by atoms with Gasteiger partial charge in [0.2, 0.25) is 17.5 Å². The molecule has 0 saturated carbocycles. The van der Waals surface area contributed by atoms with Gasteiger partial charge in [0.05, 0.1) is 0 Å². The van der Waals surface area contributed by atoms with Crippen molar-refractivity contribution in [3.8, 4) is 17.5 Å². The molecule has 1 fully saturated rings. The lowest BCUT2D eigenvalue weighted by Crippen LogP contribution is -2.38. The lowest BCUT2D eigenvalue weighted by atomic mass is 9.92. The van der Waals surface area contributed by atoms with Crippen LogP contribution in [0.15, 0.2) is 28.7 Å². The Morgan fingerprint density at radius 1 is 1.23 bits per heavy atom. The number of oxazole rings is 1. The average Bonchev–Trinajstić information content (AvgIpc) is 2.91. The zero-order valence-electron chi connectivity index (χ0n) is 12.7. The number of aromatic nitrogens is 1. The lowest BCUT2D eigenvalue weighted by Gasteiger charge is -2.34. The molecule has 0 N–H and O–H groups in total. The molecule has 1 saturated heterocycles. The lowest BCUT2D eigenvalue weighted by molar-refractivity contribution is 0.344. The first kappa shape index (κ1) is 14.6. The van der Waals surface area contributed by atoms with Crippen molar-refractivity contribution < 1.29 is 8.81 Å². The quantitative estimate of drug-likeness (QED) is 0.845. The van der Waals surface area contributed by atoms with Crippen LogP contribution < -0.4 is 4.90 Å². The summed E-state index contributed by atoms with van der Waals surface area (Å²) in [7, 11) is 0. The molecule has 22 heavy (non-hydrogen) atoms. The van der Waals surface area contributed by atoms with Gasteiger partial charge in [-0.25, -0.2) is 4.39 Å². The van der Waals surface area contributed by atoms with Gasteiger partial charge in [0, 0.05) is 18.7 Å². The summed E-state index contributed by atoms with van der Waals surface area (Å²) in [4.78, 5) is 6.36. The van der Waals surface area contributed by atoms with E-state index in [0.717, 1.165) is 13.1 Å². The predicted molar refractivity (Wildman–Crippen MR) is 81.8 cm³/mol. The maximum Gasteiger partial charge on any atom is 0.235 e. The van der Waals surface area contributed by atoms with E-state index in [0.29, 0.717) is 34.9 Å². The summed E-state index contributed by atoms with van der Waals surface area (Å²) in [5.74, 6) is 1.68. The van der Waals surface area contributed by atoms with E-state index >= 15 is 0 Å². The van der Waals surface area contributed by atoms with Crippen molar-refractivity contribution in [3.63, 3.8) is 0 Å². The second-order valence-electron chi connectivity index (χ2n) is 6.14. The highest BCUT2D eigenvalue weighted by Gasteiger charge is 2.27. The summed E-state index contributed by atoms with van der Waals surface area (Å²) in [6.45, 7) is 6.12. The molecule has 2 heterocycles. The summed E-state index contributed by atoms with van der Waals surface area (Å²) < 4.78 is 18.9. The van der Waals surface area contributed by atoms with Crippen LogP contribution in [0.1, 0.15) is 26.0 Å². The predicted octanol–water partition coefficient (Wildman–Crippen LogP) is 3.83. The van der Waals surface area contributed by atoms with Crippen molar-refractivity contribution in [3.05, 3.63) is 35.8 Å². The number of nitriles is 1. The molecule has 2 atom stereocenters. The zero-order chi connectivity index (χ0) is 15.7. The number of benzene rings is 1. The fraction of sp³-hybridized carbons (Fsp3) is 0.412. The summed E-state index contributed by atoms with van der Waals surface area (Å²) in [6, 6.07) is 8.03. The molecule has 0 aliphatic carbocycles. The fourth-order valence-electron chi connectivity index (χ4n) is 3.14. The van der Waals surface area contributed by atoms with Gasteiger partial charge in [-0.2, -0.15) is 10.2 Å². The minimum absolute atomic E-state index is 0.292. The van der Waals surface area contributed by atoms with Crippen LogP contribution in [0.25, 0.3) is 11.5 Å². The van der Waals surface area contributed by atoms with Gasteiger partial charge < -0.3 is 9.32 Å². The second kappa shape index (κ2) is 5.80. The summed E-state index contributed by atoms with van der Waals surface area (Å²) in [5.41, 5.74) is 0.961. The fourth-order valence-corrected chi connectivity index (χ4v) is 3.14. The first-order valence-electron chi connectivity index (χ1n) is 7.48. The topological polar surface area (TPSA) is 53.1 Å². The van der Waals surface area contributed by atoms with Crippen LogP contribution in [-0.2, 0) is 0 Å². The van der Waals surface area contributed by atoms with E-state index in [1.807, 2.05) is 0 Å². The van der Waals surface area contributed by atoms with Gasteiger partial charge in [-0.3, -0.25) is 0 Å². The Balaban J connectivity index is 1.95. The Morgan fingerprint density at radius 2 is 1.86 bits per heavy atom. The average molecular weight is 299 g/mol. The van der Waals surface area contributed by atoms with E-state index in [1.165, 1.54) is 18.6 Å². The van der Waals surface area contributed by atoms with Gasteiger partial charge in [0.1, 0.15) is 11.9 Å². The number of hydrogen-bond donors (Lipinski definition) is 0. The van der Waals surface area contributed by atoms with Crippen LogP contribution in [0, 0.1) is 29.0 Å². The van der Waals surface area contributed by atoms with E-state index < -0.39 is 0 Å². The summed E-state index contributed by atoms with van der Waals surface area (Å²) >= 11 is 0. The van der Waals surface area contributed by atoms with Crippen LogP contribution in [-0.4, -0.2) is 18.1 Å². The van der Waals surface area contributed by atoms with E-state index in [-0.39, 0.29) is 5.82 Å². The third kappa shape index (κ3) is 2.82. The van der Waals surface area contributed by atoms with Crippen molar-refractivity contribution in [2.45, 2.75) is 20.3 Å². The monoisotopic (exact) mass is 299 g/mol. The molecule has 1 aromatic carbocycles. The van der Waals surface area contributed by atoms with Crippen LogP contribution >= 0.6 is 0 Å². The van der Waals surface area contributed by atoms with Crippen molar-refractivity contribution in [1.29, 1.82) is 5.26 Å². The standard InChI is InChI=1S/C17H18FN3O/c1-11-7-12(2)10-21(9-11)17-15(8-19)20-16(22-17)13-3-5-14(18)6-4-13/h3-6,11-12H,7,9-10H2,1-2H3/t11-,12-/m1/s1. The Labute approximate surface area is 129 Å². The van der Waals surface area contributed by atoms with Crippen molar-refractivity contribution in [2.75, 3.05) is 18.0 Å². The van der Waals surface area contributed by atoms with Gasteiger partial charge >= 0.3 is 0 Å². The number of halogens is 1. The highest BCUT2D eigenvalue weighted by atomic mass is 19.1. The van der Waals surface area contributed by atoms with Gasteiger partial charge in [-0.15, -0.1) is 0 Å². The van der Waals surface area contributed by atoms with E-state index in [4.69, 9.17) is 4.42 Å². The molecule has 114 valence electrons. The van der Waals surface area contributed by atoms with Crippen molar-refractivity contribution in [1.82, 2.24) is 4.98 Å². The molecule has 0 amide bonds. The highest BCUT2D eigenvalue weighted by molar-refractivity contribution is 5.59. The van der Waals surface area contributed by atoms with Crippen LogP contribution in [0.2, 0.25) is 0 Å². The third-order valence-corrected chi connectivity index (χ3v) is 3.96. The molecule has 0 radical (unpaired) electrons. The van der Waals surface area contributed by atoms with Crippen molar-refractivity contribution >= 4 is 5.88 Å². The van der Waals surface area contributed by atoms with E-state index in [2.05, 4.69) is 29.8 Å². The number of nitrogens with zero attached hydrogens (tertiary/aromatic N) is 3. The molecule has 1 aliphatic heterocycles. The normalized spacial score (nSPS) is 21.6. The Hall–Kier alpha value is -2.35. The molecule has 5 heteroatoms. The number of piperidine rings is 1. The third-order valence-electron chi connectivity index (χ3n) is 3.96. The molecule has 4 nitrogen and oxygen atoms in total. The highest BCUT2D eigenvalue weighted by Crippen LogP contribution is 2.32. The molecule has 2 aromatic rings. The number of anilines is 1. The molecule has 1 aliphatic rings.